The molecule has 112 valence electrons. The molecule has 3 N–H and O–H groups in total. The van der Waals surface area contributed by atoms with Gasteiger partial charge in [0.15, 0.2) is 0 Å². The van der Waals surface area contributed by atoms with Crippen LogP contribution in [0.15, 0.2) is 16.7 Å². The molecule has 20 heavy (non-hydrogen) atoms. The fourth-order valence-corrected chi connectivity index (χ4v) is 2.65. The van der Waals surface area contributed by atoms with Crippen molar-refractivity contribution in [2.24, 2.45) is 17.6 Å². The summed E-state index contributed by atoms with van der Waals surface area (Å²) in [6.07, 6.45) is 4.47. The van der Waals surface area contributed by atoms with Gasteiger partial charge >= 0.3 is 0 Å². The molecule has 0 aromatic carbocycles. The van der Waals surface area contributed by atoms with Crippen molar-refractivity contribution in [2.75, 3.05) is 11.9 Å². The summed E-state index contributed by atoms with van der Waals surface area (Å²) < 4.78 is 0.782. The number of primary amides is 1. The molecule has 0 spiro atoms. The van der Waals surface area contributed by atoms with Gasteiger partial charge in [-0.15, -0.1) is 0 Å². The highest BCUT2D eigenvalue weighted by atomic mass is 79.9. The summed E-state index contributed by atoms with van der Waals surface area (Å²) >= 11 is 9.28. The number of nitrogens with one attached hydrogen (secondary N) is 1. The summed E-state index contributed by atoms with van der Waals surface area (Å²) in [5.74, 6) is 1.10. The zero-order chi connectivity index (χ0) is 15.1. The normalized spacial score (nSPS) is 21.0. The minimum absolute atomic E-state index is 0.0401. The summed E-state index contributed by atoms with van der Waals surface area (Å²) in [4.78, 5) is 15.3. The SMILES string of the molecule is CC.NC(=O)[C@H]1CCC(CNc2cc(Cl)c(Br)cn2)C1. The van der Waals surface area contributed by atoms with Crippen LogP contribution in [0.3, 0.4) is 0 Å². The smallest absolute Gasteiger partial charge is 0.220 e. The maximum absolute atomic E-state index is 11.1. The summed E-state index contributed by atoms with van der Waals surface area (Å²) in [6.45, 7) is 4.80. The van der Waals surface area contributed by atoms with Gasteiger partial charge in [-0.25, -0.2) is 4.98 Å². The Labute approximate surface area is 133 Å². The number of carbonyl (C=O) groups is 1. The van der Waals surface area contributed by atoms with Crippen molar-refractivity contribution in [3.63, 3.8) is 0 Å². The maximum Gasteiger partial charge on any atom is 0.220 e. The molecule has 0 saturated heterocycles. The molecule has 1 saturated carbocycles. The van der Waals surface area contributed by atoms with Gasteiger partial charge in [0.25, 0.3) is 0 Å². The van der Waals surface area contributed by atoms with E-state index in [0.717, 1.165) is 36.1 Å². The van der Waals surface area contributed by atoms with Gasteiger partial charge in [-0.2, -0.15) is 0 Å². The molecule has 1 aliphatic rings. The van der Waals surface area contributed by atoms with Crippen molar-refractivity contribution in [3.8, 4) is 0 Å². The van der Waals surface area contributed by atoms with Crippen molar-refractivity contribution < 1.29 is 4.79 Å². The lowest BCUT2D eigenvalue weighted by Crippen LogP contribution is -2.21. The van der Waals surface area contributed by atoms with Crippen LogP contribution >= 0.6 is 27.5 Å². The van der Waals surface area contributed by atoms with Gasteiger partial charge in [-0.1, -0.05) is 25.4 Å². The summed E-state index contributed by atoms with van der Waals surface area (Å²) in [6, 6.07) is 1.78. The summed E-state index contributed by atoms with van der Waals surface area (Å²) in [5, 5.41) is 3.88. The number of rotatable bonds is 4. The van der Waals surface area contributed by atoms with Crippen LogP contribution in [0.2, 0.25) is 5.02 Å². The zero-order valence-electron chi connectivity index (χ0n) is 11.8. The Hall–Kier alpha value is -0.810. The molecule has 1 heterocycles. The fraction of sp³-hybridized carbons (Fsp3) is 0.571. The van der Waals surface area contributed by atoms with Crippen LogP contribution < -0.4 is 11.1 Å². The molecule has 1 aliphatic carbocycles. The van der Waals surface area contributed by atoms with E-state index in [2.05, 4.69) is 26.2 Å². The molecule has 1 unspecified atom stereocenters. The Morgan fingerprint density at radius 2 is 2.25 bits per heavy atom. The largest absolute Gasteiger partial charge is 0.370 e. The van der Waals surface area contributed by atoms with Crippen molar-refractivity contribution in [3.05, 3.63) is 21.8 Å². The van der Waals surface area contributed by atoms with E-state index in [1.54, 1.807) is 12.3 Å². The topological polar surface area (TPSA) is 68.0 Å². The molecule has 4 nitrogen and oxygen atoms in total. The molecule has 1 aromatic heterocycles. The average molecular weight is 363 g/mol. The average Bonchev–Trinajstić information content (AvgIpc) is 2.91. The van der Waals surface area contributed by atoms with Gasteiger partial charge in [0.1, 0.15) is 5.82 Å². The van der Waals surface area contributed by atoms with Gasteiger partial charge in [0.05, 0.1) is 9.50 Å². The number of nitrogens with zero attached hydrogens (tertiary/aromatic N) is 1. The van der Waals surface area contributed by atoms with E-state index in [1.165, 1.54) is 0 Å². The van der Waals surface area contributed by atoms with E-state index in [9.17, 15) is 4.79 Å². The van der Waals surface area contributed by atoms with Crippen molar-refractivity contribution in [2.45, 2.75) is 33.1 Å². The third-order valence-electron chi connectivity index (χ3n) is 3.32. The number of pyridine rings is 1. The first-order valence-electron chi connectivity index (χ1n) is 6.90. The number of hydrogen-bond acceptors (Lipinski definition) is 3. The van der Waals surface area contributed by atoms with E-state index >= 15 is 0 Å². The number of halogens is 2. The van der Waals surface area contributed by atoms with Crippen molar-refractivity contribution in [1.29, 1.82) is 0 Å². The van der Waals surface area contributed by atoms with Crippen LogP contribution in [0, 0.1) is 11.8 Å². The van der Waals surface area contributed by atoms with Crippen LogP contribution in [0.1, 0.15) is 33.1 Å². The lowest BCUT2D eigenvalue weighted by atomic mass is 10.0. The van der Waals surface area contributed by atoms with E-state index in [0.29, 0.717) is 10.9 Å². The minimum Gasteiger partial charge on any atom is -0.370 e. The molecule has 1 amide bonds. The predicted octanol–water partition coefficient (Wildman–Crippen LogP) is 3.84. The second kappa shape index (κ2) is 8.47. The van der Waals surface area contributed by atoms with Gasteiger partial charge in [-0.05, 0) is 41.1 Å². The third-order valence-corrected chi connectivity index (χ3v) is 4.50. The third kappa shape index (κ3) is 4.94. The summed E-state index contributed by atoms with van der Waals surface area (Å²) in [5.41, 5.74) is 5.31. The Morgan fingerprint density at radius 1 is 1.55 bits per heavy atom. The van der Waals surface area contributed by atoms with Crippen LogP contribution in [0.25, 0.3) is 0 Å². The van der Waals surface area contributed by atoms with Crippen molar-refractivity contribution in [1.82, 2.24) is 4.98 Å². The molecule has 1 aromatic rings. The molecule has 0 radical (unpaired) electrons. The van der Waals surface area contributed by atoms with Gasteiger partial charge < -0.3 is 11.1 Å². The first-order chi connectivity index (χ1) is 9.56. The number of nitrogens with two attached hydrogens (primary N) is 1. The fourth-order valence-electron chi connectivity index (χ4n) is 2.28. The van der Waals surface area contributed by atoms with E-state index in [-0.39, 0.29) is 11.8 Å². The number of carbonyl (C=O) groups excluding carboxylic acids is 1. The first kappa shape index (κ1) is 17.2. The Balaban J connectivity index is 0.000000956. The van der Waals surface area contributed by atoms with Crippen LogP contribution in [0.5, 0.6) is 0 Å². The molecule has 1 fully saturated rings. The number of anilines is 1. The zero-order valence-corrected chi connectivity index (χ0v) is 14.2. The van der Waals surface area contributed by atoms with E-state index < -0.39 is 0 Å². The highest BCUT2D eigenvalue weighted by molar-refractivity contribution is 9.10. The molecule has 0 bridgehead atoms. The van der Waals surface area contributed by atoms with Crippen LogP contribution in [0.4, 0.5) is 5.82 Å². The molecular formula is C14H21BrClN3O. The highest BCUT2D eigenvalue weighted by Crippen LogP contribution is 2.31. The molecule has 0 aliphatic heterocycles. The maximum atomic E-state index is 11.1. The van der Waals surface area contributed by atoms with E-state index in [4.69, 9.17) is 17.3 Å². The Kier molecular flexibility index (Phi) is 7.30. The van der Waals surface area contributed by atoms with Gasteiger partial charge in [0, 0.05) is 24.7 Å². The molecule has 2 atom stereocenters. The van der Waals surface area contributed by atoms with Crippen LogP contribution in [-0.4, -0.2) is 17.4 Å². The quantitative estimate of drug-likeness (QED) is 0.855. The van der Waals surface area contributed by atoms with Gasteiger partial charge in [-0.3, -0.25) is 4.79 Å². The number of amides is 1. The first-order valence-corrected chi connectivity index (χ1v) is 8.07. The predicted molar refractivity (Wildman–Crippen MR) is 86.8 cm³/mol. The monoisotopic (exact) mass is 361 g/mol. The van der Waals surface area contributed by atoms with E-state index in [1.807, 2.05) is 13.8 Å². The number of aromatic nitrogens is 1. The second-order valence-corrected chi connectivity index (χ2v) is 5.90. The second-order valence-electron chi connectivity index (χ2n) is 4.64. The standard InChI is InChI=1S/C12H15BrClN3O.C2H6/c13-9-6-17-11(4-10(9)14)16-5-7-1-2-8(3-7)12(15)18;1-2/h4,6-8H,1-3,5H2,(H2,15,18)(H,16,17);1-2H3/t7?,8-;/m0./s1. The lowest BCUT2D eigenvalue weighted by molar-refractivity contribution is -0.121. The summed E-state index contributed by atoms with van der Waals surface area (Å²) in [7, 11) is 0. The van der Waals surface area contributed by atoms with Crippen LogP contribution in [-0.2, 0) is 4.79 Å². The molecular weight excluding hydrogens is 342 g/mol. The molecule has 2 rings (SSSR count). The minimum atomic E-state index is -0.178. The number of hydrogen-bond donors (Lipinski definition) is 2. The highest BCUT2D eigenvalue weighted by Gasteiger charge is 2.28. The van der Waals surface area contributed by atoms with Crippen molar-refractivity contribution >= 4 is 39.3 Å². The Morgan fingerprint density at radius 3 is 2.80 bits per heavy atom. The Bertz CT molecular complexity index is 456. The molecule has 6 heteroatoms. The van der Waals surface area contributed by atoms with Gasteiger partial charge in [0.2, 0.25) is 5.91 Å². The lowest BCUT2D eigenvalue weighted by Gasteiger charge is -2.12.